The van der Waals surface area contributed by atoms with Crippen molar-refractivity contribution in [1.82, 2.24) is 26.0 Å². The molecule has 1 saturated carbocycles. The monoisotopic (exact) mass is 367 g/mol. The summed E-state index contributed by atoms with van der Waals surface area (Å²) in [7, 11) is 0. The molecule has 3 saturated heterocycles. The van der Waals surface area contributed by atoms with Crippen LogP contribution in [0.4, 0.5) is 4.39 Å². The Morgan fingerprint density at radius 1 is 1.00 bits per heavy atom. The number of alkyl halides is 1. The molecule has 0 spiro atoms. The van der Waals surface area contributed by atoms with Crippen LogP contribution in [0.25, 0.3) is 0 Å². The van der Waals surface area contributed by atoms with Crippen LogP contribution in [0.3, 0.4) is 0 Å². The fourth-order valence-electron chi connectivity index (χ4n) is 5.62. The molecule has 3 heterocycles. The third kappa shape index (κ3) is 4.58. The number of nitrogens with zero attached hydrogens (tertiary/aromatic N) is 2. The summed E-state index contributed by atoms with van der Waals surface area (Å²) >= 11 is 0. The van der Waals surface area contributed by atoms with Gasteiger partial charge in [0.25, 0.3) is 0 Å². The summed E-state index contributed by atoms with van der Waals surface area (Å²) in [5.41, 5.74) is 6.92. The second-order valence-electron chi connectivity index (χ2n) is 9.26. The maximum atomic E-state index is 13.5. The number of halogens is 1. The minimum atomic E-state index is -0.553. The predicted molar refractivity (Wildman–Crippen MR) is 103 cm³/mol. The van der Waals surface area contributed by atoms with E-state index in [2.05, 4.69) is 32.9 Å². The summed E-state index contributed by atoms with van der Waals surface area (Å²) in [6.45, 7) is 10.6. The first-order valence-corrected chi connectivity index (χ1v) is 11.0. The second kappa shape index (κ2) is 8.82. The van der Waals surface area contributed by atoms with Gasteiger partial charge in [0.2, 0.25) is 0 Å². The average Bonchev–Trinajstić information content (AvgIpc) is 3.11. The first-order valence-electron chi connectivity index (χ1n) is 11.0. The maximum Gasteiger partial charge on any atom is 0.100 e. The molecule has 0 aromatic rings. The van der Waals surface area contributed by atoms with E-state index in [4.69, 9.17) is 0 Å². The molecule has 150 valence electrons. The Hall–Kier alpha value is -0.270. The molecule has 0 aromatic carbocycles. The van der Waals surface area contributed by atoms with Crippen molar-refractivity contribution < 1.29 is 4.39 Å². The number of hydrogen-bond acceptors (Lipinski definition) is 5. The van der Waals surface area contributed by atoms with Gasteiger partial charge in [0.05, 0.1) is 6.17 Å². The lowest BCUT2D eigenvalue weighted by Gasteiger charge is -2.43. The number of piperidine rings is 1. The number of rotatable bonds is 4. The first-order chi connectivity index (χ1) is 12.7. The van der Waals surface area contributed by atoms with Gasteiger partial charge in [0.15, 0.2) is 0 Å². The van der Waals surface area contributed by atoms with Crippen LogP contribution < -0.4 is 16.2 Å². The highest BCUT2D eigenvalue weighted by Crippen LogP contribution is 2.32. The molecule has 3 N–H and O–H groups in total. The zero-order valence-electron chi connectivity index (χ0n) is 16.4. The van der Waals surface area contributed by atoms with Crippen LogP contribution in [0.15, 0.2) is 0 Å². The quantitative estimate of drug-likeness (QED) is 0.704. The smallest absolute Gasteiger partial charge is 0.100 e. The van der Waals surface area contributed by atoms with Crippen LogP contribution in [0, 0.1) is 17.8 Å². The zero-order chi connectivity index (χ0) is 17.9. The minimum absolute atomic E-state index is 0.529. The van der Waals surface area contributed by atoms with Crippen LogP contribution in [0.1, 0.15) is 45.4 Å². The molecule has 0 radical (unpaired) electrons. The Kier molecular flexibility index (Phi) is 6.47. The highest BCUT2D eigenvalue weighted by atomic mass is 19.1. The van der Waals surface area contributed by atoms with Gasteiger partial charge in [-0.1, -0.05) is 6.92 Å². The van der Waals surface area contributed by atoms with E-state index in [1.807, 2.05) is 0 Å². The van der Waals surface area contributed by atoms with Gasteiger partial charge in [0, 0.05) is 51.2 Å². The van der Waals surface area contributed by atoms with Crippen LogP contribution in [-0.4, -0.2) is 74.0 Å². The van der Waals surface area contributed by atoms with Gasteiger partial charge in [-0.05, 0) is 56.9 Å². The molecule has 6 heteroatoms. The molecule has 4 rings (SSSR count). The highest BCUT2D eigenvalue weighted by molar-refractivity contribution is 4.92. The van der Waals surface area contributed by atoms with Crippen molar-refractivity contribution in [2.24, 2.45) is 17.8 Å². The van der Waals surface area contributed by atoms with E-state index in [-0.39, 0.29) is 0 Å². The fourth-order valence-corrected chi connectivity index (χ4v) is 5.62. The van der Waals surface area contributed by atoms with Crippen LogP contribution in [0.5, 0.6) is 0 Å². The summed E-state index contributed by atoms with van der Waals surface area (Å²) in [5, 5.41) is 3.72. The third-order valence-corrected chi connectivity index (χ3v) is 7.33. The molecule has 26 heavy (non-hydrogen) atoms. The van der Waals surface area contributed by atoms with E-state index in [0.717, 1.165) is 38.1 Å². The van der Waals surface area contributed by atoms with E-state index >= 15 is 0 Å². The van der Waals surface area contributed by atoms with Crippen molar-refractivity contribution in [3.8, 4) is 0 Å². The van der Waals surface area contributed by atoms with Crippen molar-refractivity contribution in [1.29, 1.82) is 0 Å². The third-order valence-electron chi connectivity index (χ3n) is 7.33. The van der Waals surface area contributed by atoms with Crippen molar-refractivity contribution in [2.45, 2.75) is 63.8 Å². The molecule has 0 aromatic heterocycles. The number of nitrogens with one attached hydrogen (secondary N) is 3. The summed E-state index contributed by atoms with van der Waals surface area (Å²) < 4.78 is 13.5. The lowest BCUT2D eigenvalue weighted by Crippen LogP contribution is -2.57. The van der Waals surface area contributed by atoms with Gasteiger partial charge in [-0.25, -0.2) is 4.39 Å². The Balaban J connectivity index is 1.23. The Morgan fingerprint density at radius 3 is 2.50 bits per heavy atom. The van der Waals surface area contributed by atoms with Crippen molar-refractivity contribution >= 4 is 0 Å². The maximum absolute atomic E-state index is 13.5. The largest absolute Gasteiger partial charge is 0.302 e. The lowest BCUT2D eigenvalue weighted by atomic mass is 9.79. The topological polar surface area (TPSA) is 42.6 Å². The van der Waals surface area contributed by atoms with Gasteiger partial charge >= 0.3 is 0 Å². The average molecular weight is 368 g/mol. The normalized spacial score (nSPS) is 43.6. The lowest BCUT2D eigenvalue weighted by molar-refractivity contribution is 0.0491. The number of piperazine rings is 1. The summed E-state index contributed by atoms with van der Waals surface area (Å²) in [4.78, 5) is 5.33. The Bertz CT molecular complexity index is 434. The second-order valence-corrected chi connectivity index (χ2v) is 9.26. The van der Waals surface area contributed by atoms with Gasteiger partial charge in [-0.2, -0.15) is 0 Å². The Morgan fingerprint density at radius 2 is 1.77 bits per heavy atom. The van der Waals surface area contributed by atoms with E-state index < -0.39 is 6.17 Å². The van der Waals surface area contributed by atoms with E-state index in [9.17, 15) is 4.39 Å². The molecule has 1 aliphatic carbocycles. The van der Waals surface area contributed by atoms with E-state index in [0.29, 0.717) is 24.0 Å². The van der Waals surface area contributed by atoms with Crippen molar-refractivity contribution in [3.63, 3.8) is 0 Å². The van der Waals surface area contributed by atoms with E-state index in [1.54, 1.807) is 0 Å². The van der Waals surface area contributed by atoms with Gasteiger partial charge < -0.3 is 10.2 Å². The molecule has 4 unspecified atom stereocenters. The molecule has 4 aliphatic rings. The number of hydrazine groups is 1. The molecular weight excluding hydrogens is 329 g/mol. The van der Waals surface area contributed by atoms with Crippen LogP contribution in [0.2, 0.25) is 0 Å². The zero-order valence-corrected chi connectivity index (χ0v) is 16.4. The van der Waals surface area contributed by atoms with E-state index in [1.165, 1.54) is 52.1 Å². The molecule has 3 aliphatic heterocycles. The van der Waals surface area contributed by atoms with Gasteiger partial charge in [-0.3, -0.25) is 15.8 Å². The summed E-state index contributed by atoms with van der Waals surface area (Å²) in [6, 6.07) is 0.529. The van der Waals surface area contributed by atoms with Crippen LogP contribution in [-0.2, 0) is 0 Å². The number of hydrogen-bond donors (Lipinski definition) is 3. The highest BCUT2D eigenvalue weighted by Gasteiger charge is 2.37. The Labute approximate surface area is 158 Å². The standard InChI is InChI=1S/C20H38FN5/c1-15-6-7-22-19(12-15)26-10-8-25(9-11-26)14-17-13-23-24-20(17)16-2-4-18(21)5-3-16/h15-20,22-24H,2-14H2,1H3. The van der Waals surface area contributed by atoms with Crippen molar-refractivity contribution in [2.75, 3.05) is 45.8 Å². The molecule has 0 amide bonds. The van der Waals surface area contributed by atoms with Crippen LogP contribution >= 0.6 is 0 Å². The minimum Gasteiger partial charge on any atom is -0.302 e. The van der Waals surface area contributed by atoms with Gasteiger partial charge in [0.1, 0.15) is 6.17 Å². The fraction of sp³-hybridized carbons (Fsp3) is 1.00. The predicted octanol–water partition coefficient (Wildman–Crippen LogP) is 1.57. The van der Waals surface area contributed by atoms with Gasteiger partial charge in [-0.15, -0.1) is 0 Å². The SMILES string of the molecule is CC1CCNC(N2CCN(CC3CNNC3C3CCC(F)CC3)CC2)C1. The summed E-state index contributed by atoms with van der Waals surface area (Å²) in [5.74, 6) is 2.17. The summed E-state index contributed by atoms with van der Waals surface area (Å²) in [6.07, 6.45) is 6.30. The molecule has 5 nitrogen and oxygen atoms in total. The molecule has 0 bridgehead atoms. The first kappa shape index (κ1) is 19.1. The van der Waals surface area contributed by atoms with Crippen molar-refractivity contribution in [3.05, 3.63) is 0 Å². The molecule has 4 atom stereocenters. The molecule has 4 fully saturated rings. The molecular formula is C20H38FN5.